The molecule has 0 aliphatic rings. The number of rotatable bonds is 6. The molecule has 0 saturated heterocycles. The van der Waals surface area contributed by atoms with Crippen LogP contribution in [0, 0.1) is 0 Å². The Morgan fingerprint density at radius 1 is 1.14 bits per heavy atom. The Kier molecular flexibility index (Phi) is 5.11. The minimum Gasteiger partial charge on any atom is -0.497 e. The van der Waals surface area contributed by atoms with Gasteiger partial charge >= 0.3 is 0 Å². The molecule has 0 bridgehead atoms. The van der Waals surface area contributed by atoms with E-state index in [2.05, 4.69) is 5.32 Å². The first-order chi connectivity index (χ1) is 10.1. The SMILES string of the molecule is COc1ccc(Nc2ccccc2C(=O)CS(C)=O)cc1. The number of nitrogens with one attached hydrogen (secondary N) is 1. The Morgan fingerprint density at radius 3 is 2.43 bits per heavy atom. The molecule has 0 radical (unpaired) electrons. The number of methoxy groups -OCH3 is 1. The topological polar surface area (TPSA) is 55.4 Å². The number of hydrogen-bond donors (Lipinski definition) is 1. The first-order valence-corrected chi connectivity index (χ1v) is 8.16. The summed E-state index contributed by atoms with van der Waals surface area (Å²) in [5, 5.41) is 3.20. The van der Waals surface area contributed by atoms with Gasteiger partial charge in [-0.05, 0) is 36.4 Å². The highest BCUT2D eigenvalue weighted by Gasteiger charge is 2.12. The van der Waals surface area contributed by atoms with Gasteiger partial charge in [-0.15, -0.1) is 0 Å². The number of anilines is 2. The Balaban J connectivity index is 2.23. The van der Waals surface area contributed by atoms with E-state index in [1.54, 1.807) is 19.2 Å². The van der Waals surface area contributed by atoms with Crippen molar-refractivity contribution < 1.29 is 13.7 Å². The van der Waals surface area contributed by atoms with Crippen LogP contribution in [0.25, 0.3) is 0 Å². The van der Waals surface area contributed by atoms with E-state index in [-0.39, 0.29) is 11.5 Å². The third kappa shape index (κ3) is 4.16. The molecular formula is C16H17NO3S. The van der Waals surface area contributed by atoms with E-state index in [0.29, 0.717) is 11.3 Å². The van der Waals surface area contributed by atoms with Gasteiger partial charge in [0.05, 0.1) is 12.9 Å². The zero-order valence-corrected chi connectivity index (χ0v) is 12.8. The largest absolute Gasteiger partial charge is 0.497 e. The number of hydrogen-bond acceptors (Lipinski definition) is 4. The standard InChI is InChI=1S/C16H17NO3S/c1-20-13-9-7-12(8-10-13)17-15-6-4-3-5-14(15)16(18)11-21(2)19/h3-10,17H,11H2,1-2H3. The molecule has 21 heavy (non-hydrogen) atoms. The van der Waals surface area contributed by atoms with Crippen molar-refractivity contribution in [3.05, 3.63) is 54.1 Å². The molecule has 0 aliphatic heterocycles. The monoisotopic (exact) mass is 303 g/mol. The lowest BCUT2D eigenvalue weighted by Crippen LogP contribution is -2.11. The van der Waals surface area contributed by atoms with Crippen LogP contribution >= 0.6 is 0 Å². The number of benzene rings is 2. The molecule has 5 heteroatoms. The van der Waals surface area contributed by atoms with Gasteiger partial charge in [0.15, 0.2) is 5.78 Å². The average molecular weight is 303 g/mol. The first kappa shape index (κ1) is 15.3. The van der Waals surface area contributed by atoms with Gasteiger partial charge in [0, 0.05) is 34.0 Å². The predicted octanol–water partition coefficient (Wildman–Crippen LogP) is 3.00. The van der Waals surface area contributed by atoms with Crippen molar-refractivity contribution in [3.63, 3.8) is 0 Å². The van der Waals surface area contributed by atoms with Crippen molar-refractivity contribution in [2.45, 2.75) is 0 Å². The van der Waals surface area contributed by atoms with Gasteiger partial charge < -0.3 is 10.1 Å². The Morgan fingerprint density at radius 2 is 1.81 bits per heavy atom. The zero-order chi connectivity index (χ0) is 15.2. The summed E-state index contributed by atoms with van der Waals surface area (Å²) >= 11 is 0. The minimum atomic E-state index is -1.15. The van der Waals surface area contributed by atoms with Gasteiger partial charge in [0.2, 0.25) is 0 Å². The average Bonchev–Trinajstić information content (AvgIpc) is 2.48. The molecule has 0 spiro atoms. The Labute approximate surface area is 126 Å². The summed E-state index contributed by atoms with van der Waals surface area (Å²) in [6, 6.07) is 14.6. The van der Waals surface area contributed by atoms with Gasteiger partial charge in [-0.1, -0.05) is 12.1 Å². The van der Waals surface area contributed by atoms with Crippen LogP contribution in [0.1, 0.15) is 10.4 Å². The van der Waals surface area contributed by atoms with Crippen LogP contribution in [-0.4, -0.2) is 29.1 Å². The van der Waals surface area contributed by atoms with Crippen molar-refractivity contribution in [3.8, 4) is 5.75 Å². The summed E-state index contributed by atoms with van der Waals surface area (Å²) < 4.78 is 16.3. The first-order valence-electron chi connectivity index (χ1n) is 6.43. The summed E-state index contributed by atoms with van der Waals surface area (Å²) in [4.78, 5) is 12.1. The molecule has 2 rings (SSSR count). The molecule has 2 aromatic rings. The fourth-order valence-electron chi connectivity index (χ4n) is 1.93. The van der Waals surface area contributed by atoms with E-state index >= 15 is 0 Å². The molecule has 1 N–H and O–H groups in total. The van der Waals surface area contributed by atoms with Gasteiger partial charge in [-0.3, -0.25) is 9.00 Å². The van der Waals surface area contributed by atoms with Crippen molar-refractivity contribution in [2.24, 2.45) is 0 Å². The van der Waals surface area contributed by atoms with E-state index < -0.39 is 10.8 Å². The molecule has 2 aromatic carbocycles. The lowest BCUT2D eigenvalue weighted by atomic mass is 10.1. The second-order valence-electron chi connectivity index (χ2n) is 4.54. The van der Waals surface area contributed by atoms with E-state index in [1.807, 2.05) is 36.4 Å². The number of ketones is 1. The van der Waals surface area contributed by atoms with Crippen molar-refractivity contribution >= 4 is 28.0 Å². The van der Waals surface area contributed by atoms with Crippen molar-refractivity contribution in [1.82, 2.24) is 0 Å². The van der Waals surface area contributed by atoms with Crippen LogP contribution < -0.4 is 10.1 Å². The summed E-state index contributed by atoms with van der Waals surface area (Å²) in [6.45, 7) is 0. The highest BCUT2D eigenvalue weighted by Crippen LogP contribution is 2.23. The van der Waals surface area contributed by atoms with Crippen LogP contribution in [0.2, 0.25) is 0 Å². The molecule has 0 heterocycles. The zero-order valence-electron chi connectivity index (χ0n) is 12.0. The third-order valence-electron chi connectivity index (χ3n) is 2.93. The Bertz CT molecular complexity index is 653. The molecule has 0 fully saturated rings. The minimum absolute atomic E-state index is 0.0291. The number of carbonyl (C=O) groups excluding carboxylic acids is 1. The molecule has 0 aromatic heterocycles. The van der Waals surface area contributed by atoms with Gasteiger partial charge in [0.1, 0.15) is 5.75 Å². The van der Waals surface area contributed by atoms with Crippen LogP contribution in [0.4, 0.5) is 11.4 Å². The second-order valence-corrected chi connectivity index (χ2v) is 5.97. The lowest BCUT2D eigenvalue weighted by molar-refractivity contribution is 0.102. The van der Waals surface area contributed by atoms with Gasteiger partial charge in [0.25, 0.3) is 0 Å². The molecule has 0 saturated carbocycles. The van der Waals surface area contributed by atoms with E-state index in [1.165, 1.54) is 6.26 Å². The molecule has 1 unspecified atom stereocenters. The number of carbonyl (C=O) groups is 1. The quantitative estimate of drug-likeness (QED) is 0.834. The van der Waals surface area contributed by atoms with E-state index in [0.717, 1.165) is 11.4 Å². The molecule has 110 valence electrons. The summed E-state index contributed by atoms with van der Waals surface area (Å²) in [7, 11) is 0.463. The molecule has 0 amide bonds. The maximum atomic E-state index is 12.1. The number of ether oxygens (including phenoxy) is 1. The van der Waals surface area contributed by atoms with Crippen LogP contribution in [0.5, 0.6) is 5.75 Å². The number of para-hydroxylation sites is 1. The van der Waals surface area contributed by atoms with Crippen molar-refractivity contribution in [1.29, 1.82) is 0 Å². The van der Waals surface area contributed by atoms with Gasteiger partial charge in [-0.25, -0.2) is 0 Å². The summed E-state index contributed by atoms with van der Waals surface area (Å²) in [5.41, 5.74) is 2.11. The normalized spacial score (nSPS) is 11.7. The second kappa shape index (κ2) is 7.04. The maximum Gasteiger partial charge on any atom is 0.177 e. The molecule has 0 aliphatic carbocycles. The fraction of sp³-hybridized carbons (Fsp3) is 0.188. The third-order valence-corrected chi connectivity index (χ3v) is 3.60. The van der Waals surface area contributed by atoms with Crippen LogP contribution in [0.15, 0.2) is 48.5 Å². The van der Waals surface area contributed by atoms with Gasteiger partial charge in [-0.2, -0.15) is 0 Å². The van der Waals surface area contributed by atoms with E-state index in [4.69, 9.17) is 4.74 Å². The lowest BCUT2D eigenvalue weighted by Gasteiger charge is -2.11. The molecule has 4 nitrogen and oxygen atoms in total. The smallest absolute Gasteiger partial charge is 0.177 e. The highest BCUT2D eigenvalue weighted by atomic mass is 32.2. The van der Waals surface area contributed by atoms with E-state index in [9.17, 15) is 9.00 Å². The summed E-state index contributed by atoms with van der Waals surface area (Å²) in [6.07, 6.45) is 1.53. The maximum absolute atomic E-state index is 12.1. The number of Topliss-reactive ketones (excluding diaryl/α,β-unsaturated/α-hetero) is 1. The fourth-order valence-corrected chi connectivity index (χ4v) is 2.45. The van der Waals surface area contributed by atoms with Crippen LogP contribution in [0.3, 0.4) is 0 Å². The highest BCUT2D eigenvalue weighted by molar-refractivity contribution is 7.85. The Hall–Kier alpha value is -2.14. The van der Waals surface area contributed by atoms with Crippen LogP contribution in [-0.2, 0) is 10.8 Å². The molecule has 1 atom stereocenters. The predicted molar refractivity (Wildman–Crippen MR) is 86.0 cm³/mol. The van der Waals surface area contributed by atoms with Crippen molar-refractivity contribution in [2.75, 3.05) is 24.4 Å². The summed E-state index contributed by atoms with van der Waals surface area (Å²) in [5.74, 6) is 0.667. The molecular weight excluding hydrogens is 286 g/mol.